The molecular weight excluding hydrogens is 290 g/mol. The number of hydrogen-bond donors (Lipinski definition) is 0. The van der Waals surface area contributed by atoms with Gasteiger partial charge in [0.1, 0.15) is 12.1 Å². The van der Waals surface area contributed by atoms with Gasteiger partial charge >= 0.3 is 5.97 Å². The third kappa shape index (κ3) is 3.63. The fraction of sp³-hybridized carbons (Fsp3) is 0.533. The molecule has 21 heavy (non-hydrogen) atoms. The molecule has 0 saturated carbocycles. The quantitative estimate of drug-likeness (QED) is 0.775. The average molecular weight is 311 g/mol. The summed E-state index contributed by atoms with van der Waals surface area (Å²) in [6.45, 7) is 3.53. The standard InChI is InChI=1S/C15H21NO4S/c1-15(2)14(17)20-11-10-16(15)21(18,19)12-6-9-13-7-4-3-5-8-13/h3-5,7-8H,6,9-12H2,1-2H3. The second kappa shape index (κ2) is 6.15. The Morgan fingerprint density at radius 1 is 1.24 bits per heavy atom. The van der Waals surface area contributed by atoms with Crippen LogP contribution in [0.2, 0.25) is 0 Å². The lowest BCUT2D eigenvalue weighted by Gasteiger charge is -2.38. The monoisotopic (exact) mass is 311 g/mol. The number of hydrogen-bond acceptors (Lipinski definition) is 4. The van der Waals surface area contributed by atoms with Gasteiger partial charge in [-0.1, -0.05) is 30.3 Å². The van der Waals surface area contributed by atoms with Gasteiger partial charge in [0.25, 0.3) is 0 Å². The summed E-state index contributed by atoms with van der Waals surface area (Å²) in [5, 5.41) is 0. The predicted molar refractivity (Wildman–Crippen MR) is 80.3 cm³/mol. The van der Waals surface area contributed by atoms with Crippen LogP contribution in [0.25, 0.3) is 0 Å². The maximum Gasteiger partial charge on any atom is 0.327 e. The lowest BCUT2D eigenvalue weighted by atomic mass is 10.1. The first-order valence-electron chi connectivity index (χ1n) is 7.06. The molecule has 0 bridgehead atoms. The Morgan fingerprint density at radius 2 is 1.90 bits per heavy atom. The van der Waals surface area contributed by atoms with E-state index in [0.717, 1.165) is 5.56 Å². The maximum atomic E-state index is 12.5. The van der Waals surface area contributed by atoms with Crippen LogP contribution in [-0.2, 0) is 26.0 Å². The van der Waals surface area contributed by atoms with Crippen molar-refractivity contribution in [1.29, 1.82) is 0 Å². The molecule has 0 spiro atoms. The summed E-state index contributed by atoms with van der Waals surface area (Å²) in [5.74, 6) is -0.445. The van der Waals surface area contributed by atoms with E-state index < -0.39 is 21.5 Å². The molecule has 1 heterocycles. The normalized spacial score (nSPS) is 19.2. The van der Waals surface area contributed by atoms with Gasteiger partial charge in [0.15, 0.2) is 0 Å². The molecule has 0 amide bonds. The minimum absolute atomic E-state index is 0.0403. The highest BCUT2D eigenvalue weighted by Gasteiger charge is 2.45. The van der Waals surface area contributed by atoms with Gasteiger partial charge in [0, 0.05) is 6.54 Å². The van der Waals surface area contributed by atoms with E-state index in [-0.39, 0.29) is 18.9 Å². The van der Waals surface area contributed by atoms with E-state index in [1.54, 1.807) is 13.8 Å². The van der Waals surface area contributed by atoms with E-state index in [1.165, 1.54) is 4.31 Å². The zero-order valence-electron chi connectivity index (χ0n) is 12.4. The first-order valence-corrected chi connectivity index (χ1v) is 8.66. The second-order valence-electron chi connectivity index (χ2n) is 5.67. The largest absolute Gasteiger partial charge is 0.463 e. The summed E-state index contributed by atoms with van der Waals surface area (Å²) >= 11 is 0. The fourth-order valence-corrected chi connectivity index (χ4v) is 4.33. The molecule has 2 rings (SSSR count). The Kier molecular flexibility index (Phi) is 4.68. The summed E-state index contributed by atoms with van der Waals surface area (Å²) in [5.41, 5.74) is -0.00545. The number of benzene rings is 1. The van der Waals surface area contributed by atoms with Crippen LogP contribution >= 0.6 is 0 Å². The van der Waals surface area contributed by atoms with Crippen LogP contribution in [-0.4, -0.2) is 43.1 Å². The SMILES string of the molecule is CC1(C)C(=O)OCCN1S(=O)(=O)CCCc1ccccc1. The van der Waals surface area contributed by atoms with Crippen molar-refractivity contribution in [2.45, 2.75) is 32.2 Å². The van der Waals surface area contributed by atoms with Gasteiger partial charge in [-0.05, 0) is 32.3 Å². The van der Waals surface area contributed by atoms with Crippen LogP contribution in [0.4, 0.5) is 0 Å². The Bertz CT molecular complexity index is 595. The minimum Gasteiger partial charge on any atom is -0.463 e. The Hall–Kier alpha value is -1.40. The number of esters is 1. The molecule has 1 aromatic rings. The predicted octanol–water partition coefficient (Wildman–Crippen LogP) is 1.59. The summed E-state index contributed by atoms with van der Waals surface area (Å²) in [4.78, 5) is 11.7. The van der Waals surface area contributed by atoms with Crippen molar-refractivity contribution in [3.8, 4) is 0 Å². The molecular formula is C15H21NO4S. The molecule has 0 aromatic heterocycles. The van der Waals surface area contributed by atoms with Crippen LogP contribution < -0.4 is 0 Å². The van der Waals surface area contributed by atoms with Crippen molar-refractivity contribution < 1.29 is 17.9 Å². The van der Waals surface area contributed by atoms with Gasteiger partial charge in [0.2, 0.25) is 10.0 Å². The van der Waals surface area contributed by atoms with Crippen molar-refractivity contribution in [3.05, 3.63) is 35.9 Å². The van der Waals surface area contributed by atoms with Crippen molar-refractivity contribution in [2.24, 2.45) is 0 Å². The average Bonchev–Trinajstić information content (AvgIpc) is 2.42. The van der Waals surface area contributed by atoms with E-state index in [9.17, 15) is 13.2 Å². The summed E-state index contributed by atoms with van der Waals surface area (Å²) < 4.78 is 31.1. The third-order valence-corrected chi connectivity index (χ3v) is 5.81. The first kappa shape index (κ1) is 16.0. The highest BCUT2D eigenvalue weighted by atomic mass is 32.2. The Labute approximate surface area is 126 Å². The summed E-state index contributed by atoms with van der Waals surface area (Å²) in [6.07, 6.45) is 1.24. The Balaban J connectivity index is 2.00. The molecule has 0 radical (unpaired) electrons. The van der Waals surface area contributed by atoms with Crippen LogP contribution in [0.1, 0.15) is 25.8 Å². The molecule has 5 nitrogen and oxygen atoms in total. The maximum absolute atomic E-state index is 12.5. The highest BCUT2D eigenvalue weighted by molar-refractivity contribution is 7.89. The summed E-state index contributed by atoms with van der Waals surface area (Å²) in [7, 11) is -3.46. The van der Waals surface area contributed by atoms with E-state index in [2.05, 4.69) is 0 Å². The smallest absolute Gasteiger partial charge is 0.327 e. The van der Waals surface area contributed by atoms with Gasteiger partial charge in [-0.15, -0.1) is 0 Å². The van der Waals surface area contributed by atoms with Gasteiger partial charge in [0.05, 0.1) is 5.75 Å². The number of morpholine rings is 1. The number of nitrogens with zero attached hydrogens (tertiary/aromatic N) is 1. The van der Waals surface area contributed by atoms with Crippen LogP contribution in [0.3, 0.4) is 0 Å². The molecule has 0 N–H and O–H groups in total. The molecule has 1 aliphatic heterocycles. The molecule has 0 atom stereocenters. The molecule has 1 aliphatic rings. The van der Waals surface area contributed by atoms with Crippen molar-refractivity contribution in [3.63, 3.8) is 0 Å². The third-order valence-electron chi connectivity index (χ3n) is 3.70. The summed E-state index contributed by atoms with van der Waals surface area (Å²) in [6, 6.07) is 9.77. The first-order chi connectivity index (χ1) is 9.84. The zero-order chi connectivity index (χ0) is 15.5. The topological polar surface area (TPSA) is 63.7 Å². The van der Waals surface area contributed by atoms with Crippen LogP contribution in [0.5, 0.6) is 0 Å². The van der Waals surface area contributed by atoms with Gasteiger partial charge in [-0.2, -0.15) is 4.31 Å². The van der Waals surface area contributed by atoms with E-state index in [4.69, 9.17) is 4.74 Å². The second-order valence-corrected chi connectivity index (χ2v) is 7.69. The lowest BCUT2D eigenvalue weighted by Crippen LogP contribution is -2.58. The number of aryl methyl sites for hydroxylation is 1. The minimum atomic E-state index is -3.46. The van der Waals surface area contributed by atoms with E-state index >= 15 is 0 Å². The van der Waals surface area contributed by atoms with Crippen LogP contribution in [0, 0.1) is 0 Å². The number of ether oxygens (including phenoxy) is 1. The molecule has 0 unspecified atom stereocenters. The van der Waals surface area contributed by atoms with Crippen molar-refractivity contribution in [1.82, 2.24) is 4.31 Å². The van der Waals surface area contributed by atoms with Gasteiger partial charge < -0.3 is 4.74 Å². The molecule has 0 aliphatic carbocycles. The molecule has 116 valence electrons. The zero-order valence-corrected chi connectivity index (χ0v) is 13.2. The number of carbonyl (C=O) groups excluding carboxylic acids is 1. The van der Waals surface area contributed by atoms with Gasteiger partial charge in [-0.3, -0.25) is 4.79 Å². The lowest BCUT2D eigenvalue weighted by molar-refractivity contribution is -0.160. The highest BCUT2D eigenvalue weighted by Crippen LogP contribution is 2.24. The fourth-order valence-electron chi connectivity index (χ4n) is 2.48. The number of rotatable bonds is 5. The van der Waals surface area contributed by atoms with E-state index in [1.807, 2.05) is 30.3 Å². The molecule has 1 aromatic carbocycles. The number of cyclic esters (lactones) is 1. The molecule has 1 fully saturated rings. The van der Waals surface area contributed by atoms with Gasteiger partial charge in [-0.25, -0.2) is 8.42 Å². The molecule has 6 heteroatoms. The number of sulfonamides is 1. The molecule has 1 saturated heterocycles. The van der Waals surface area contributed by atoms with Crippen molar-refractivity contribution in [2.75, 3.05) is 18.9 Å². The van der Waals surface area contributed by atoms with Crippen molar-refractivity contribution >= 4 is 16.0 Å². The van der Waals surface area contributed by atoms with Crippen LogP contribution in [0.15, 0.2) is 30.3 Å². The number of carbonyl (C=O) groups is 1. The van der Waals surface area contributed by atoms with E-state index in [0.29, 0.717) is 12.8 Å². The Morgan fingerprint density at radius 3 is 2.57 bits per heavy atom.